The van der Waals surface area contributed by atoms with Crippen LogP contribution in [0.3, 0.4) is 0 Å². The van der Waals surface area contributed by atoms with Gasteiger partial charge in [-0.05, 0) is 19.8 Å². The second-order valence-corrected chi connectivity index (χ2v) is 8.15. The summed E-state index contributed by atoms with van der Waals surface area (Å²) in [5.74, 6) is -0.925. The molecule has 3 aromatic heterocycles. The van der Waals surface area contributed by atoms with E-state index in [1.54, 1.807) is 12.4 Å². The highest BCUT2D eigenvalue weighted by molar-refractivity contribution is 5.96. The summed E-state index contributed by atoms with van der Waals surface area (Å²) < 4.78 is 37.3. The summed E-state index contributed by atoms with van der Waals surface area (Å²) in [6.45, 7) is 5.69. The molecule has 0 aliphatic heterocycles. The van der Waals surface area contributed by atoms with Crippen LogP contribution in [0.5, 0.6) is 0 Å². The van der Waals surface area contributed by atoms with Crippen molar-refractivity contribution in [3.05, 3.63) is 30.5 Å². The van der Waals surface area contributed by atoms with E-state index in [0.29, 0.717) is 16.6 Å². The molecule has 0 spiro atoms. The van der Waals surface area contributed by atoms with Gasteiger partial charge in [0.05, 0.1) is 0 Å². The summed E-state index contributed by atoms with van der Waals surface area (Å²) in [4.78, 5) is 44.8. The second kappa shape index (κ2) is 10.0. The van der Waals surface area contributed by atoms with E-state index in [9.17, 15) is 22.8 Å². The molecule has 3 heterocycles. The number of nitrogens with one attached hydrogen (secondary N) is 4. The normalized spacial score (nSPS) is 13.5. The number of aromatic nitrogens is 5. The van der Waals surface area contributed by atoms with Gasteiger partial charge in [-0.2, -0.15) is 13.2 Å². The maximum absolute atomic E-state index is 12.9. The third-order valence-corrected chi connectivity index (χ3v) is 5.13. The molecule has 0 aromatic carbocycles. The molecule has 0 aliphatic carbocycles. The lowest BCUT2D eigenvalue weighted by atomic mass is 10.1. The zero-order valence-corrected chi connectivity index (χ0v) is 19.0. The Labute approximate surface area is 193 Å². The van der Waals surface area contributed by atoms with Crippen molar-refractivity contribution in [2.24, 2.45) is 5.92 Å². The monoisotopic (exact) mass is 478 g/mol. The number of carbonyl (C=O) groups excluding carboxylic acids is 2. The van der Waals surface area contributed by atoms with Crippen LogP contribution in [0.2, 0.25) is 0 Å². The fourth-order valence-electron chi connectivity index (χ4n) is 2.88. The molecular formula is C21H25F3N8O2. The van der Waals surface area contributed by atoms with Gasteiger partial charge in [-0.1, -0.05) is 13.8 Å². The topological polar surface area (TPSA) is 138 Å². The zero-order valence-electron chi connectivity index (χ0n) is 19.0. The van der Waals surface area contributed by atoms with Crippen LogP contribution < -0.4 is 16.0 Å². The van der Waals surface area contributed by atoms with Gasteiger partial charge in [0.2, 0.25) is 5.91 Å². The molecule has 13 heteroatoms. The molecule has 4 N–H and O–H groups in total. The number of carbonyl (C=O) groups is 2. The lowest BCUT2D eigenvalue weighted by molar-refractivity contribution is -0.138. The van der Waals surface area contributed by atoms with Crippen molar-refractivity contribution in [2.45, 2.75) is 46.0 Å². The zero-order chi connectivity index (χ0) is 25.0. The van der Waals surface area contributed by atoms with Crippen LogP contribution in [0.1, 0.15) is 38.2 Å². The number of hydrogen-bond donors (Lipinski definition) is 4. The minimum atomic E-state index is -4.53. The number of nitrogens with zero attached hydrogens (tertiary/aromatic N) is 4. The van der Waals surface area contributed by atoms with Gasteiger partial charge in [0.25, 0.3) is 5.91 Å². The number of alkyl halides is 3. The van der Waals surface area contributed by atoms with Crippen molar-refractivity contribution in [3.63, 3.8) is 0 Å². The highest BCUT2D eigenvalue weighted by atomic mass is 19.4. The Morgan fingerprint density at radius 1 is 1.15 bits per heavy atom. The molecule has 0 bridgehead atoms. The van der Waals surface area contributed by atoms with E-state index in [0.717, 1.165) is 0 Å². The number of aromatic amines is 1. The summed E-state index contributed by atoms with van der Waals surface area (Å²) >= 11 is 0. The van der Waals surface area contributed by atoms with Crippen molar-refractivity contribution in [1.29, 1.82) is 0 Å². The van der Waals surface area contributed by atoms with E-state index < -0.39 is 30.6 Å². The second-order valence-electron chi connectivity index (χ2n) is 8.15. The highest BCUT2D eigenvalue weighted by Gasteiger charge is 2.29. The Hall–Kier alpha value is -3.77. The van der Waals surface area contributed by atoms with Crippen molar-refractivity contribution in [3.8, 4) is 11.4 Å². The summed E-state index contributed by atoms with van der Waals surface area (Å²) in [6.07, 6.45) is 0.00385. The number of halogens is 3. The minimum Gasteiger partial charge on any atom is -0.358 e. The van der Waals surface area contributed by atoms with E-state index in [1.165, 1.54) is 19.3 Å². The summed E-state index contributed by atoms with van der Waals surface area (Å²) in [5.41, 5.74) is 1.07. The third-order valence-electron chi connectivity index (χ3n) is 5.13. The molecule has 3 aromatic rings. The van der Waals surface area contributed by atoms with E-state index in [-0.39, 0.29) is 29.3 Å². The van der Waals surface area contributed by atoms with Crippen LogP contribution in [0.25, 0.3) is 22.4 Å². The molecule has 34 heavy (non-hydrogen) atoms. The molecular weight excluding hydrogens is 453 g/mol. The first-order chi connectivity index (χ1) is 15.9. The number of fused-ring (bicyclic) bond motifs is 1. The summed E-state index contributed by atoms with van der Waals surface area (Å²) in [7, 11) is 0. The molecule has 0 aliphatic rings. The maximum Gasteiger partial charge on any atom is 0.405 e. The van der Waals surface area contributed by atoms with E-state index in [1.807, 2.05) is 26.1 Å². The van der Waals surface area contributed by atoms with E-state index >= 15 is 0 Å². The van der Waals surface area contributed by atoms with Crippen LogP contribution in [0.15, 0.2) is 24.8 Å². The van der Waals surface area contributed by atoms with Gasteiger partial charge in [-0.25, -0.2) is 19.9 Å². The van der Waals surface area contributed by atoms with E-state index in [2.05, 4.69) is 35.6 Å². The Bertz CT molecular complexity index is 1180. The predicted molar refractivity (Wildman–Crippen MR) is 119 cm³/mol. The summed E-state index contributed by atoms with van der Waals surface area (Å²) in [6, 6.07) is 0.128. The molecule has 2 amide bonds. The third kappa shape index (κ3) is 6.17. The molecule has 0 unspecified atom stereocenters. The number of hydrogen-bond acceptors (Lipinski definition) is 7. The quantitative estimate of drug-likeness (QED) is 0.391. The van der Waals surface area contributed by atoms with Crippen LogP contribution in [0.4, 0.5) is 19.0 Å². The Morgan fingerprint density at radius 3 is 2.56 bits per heavy atom. The first kappa shape index (κ1) is 24.9. The molecule has 0 saturated carbocycles. The first-order valence-electron chi connectivity index (χ1n) is 10.5. The van der Waals surface area contributed by atoms with Crippen molar-refractivity contribution in [1.82, 2.24) is 35.6 Å². The molecule has 182 valence electrons. The maximum atomic E-state index is 12.9. The number of amides is 2. The fourth-order valence-corrected chi connectivity index (χ4v) is 2.88. The van der Waals surface area contributed by atoms with E-state index in [4.69, 9.17) is 0 Å². The molecule has 0 saturated heterocycles. The largest absolute Gasteiger partial charge is 0.405 e. The van der Waals surface area contributed by atoms with Gasteiger partial charge in [0, 0.05) is 35.5 Å². The van der Waals surface area contributed by atoms with Gasteiger partial charge in [0.1, 0.15) is 36.1 Å². The molecule has 3 rings (SSSR count). The van der Waals surface area contributed by atoms with Crippen LogP contribution in [-0.2, 0) is 4.79 Å². The SMILES string of the molecule is CC(C)[C@H](C)NC(=O)c1cc(N[C@@H](C)C(=O)NCC(F)(F)F)nc(-c2c[nH]c3ncncc23)n1. The first-order valence-corrected chi connectivity index (χ1v) is 10.5. The lowest BCUT2D eigenvalue weighted by Crippen LogP contribution is -2.42. The Kier molecular flexibility index (Phi) is 7.32. The standard InChI is InChI=1S/C21H25F3N8O2/c1-10(2)11(3)30-20(34)15-5-16(29-12(4)19(33)27-8-21(22,23)24)32-18(31-15)14-7-26-17-13(14)6-25-9-28-17/h5-7,9-12H,8H2,1-4H3,(H,27,33)(H,30,34)(H,25,26,28)(H,29,31,32)/t11-,12-/m0/s1. The van der Waals surface area contributed by atoms with Gasteiger partial charge in [-0.3, -0.25) is 9.59 Å². The lowest BCUT2D eigenvalue weighted by Gasteiger charge is -2.19. The van der Waals surface area contributed by atoms with Gasteiger partial charge in [0.15, 0.2) is 5.82 Å². The van der Waals surface area contributed by atoms with Crippen molar-refractivity contribution < 1.29 is 22.8 Å². The van der Waals surface area contributed by atoms with Crippen molar-refractivity contribution in [2.75, 3.05) is 11.9 Å². The van der Waals surface area contributed by atoms with Crippen LogP contribution in [-0.4, -0.2) is 61.5 Å². The van der Waals surface area contributed by atoms with Gasteiger partial charge in [-0.15, -0.1) is 0 Å². The van der Waals surface area contributed by atoms with Crippen molar-refractivity contribution >= 4 is 28.7 Å². The molecule has 10 nitrogen and oxygen atoms in total. The average Bonchev–Trinajstić information content (AvgIpc) is 3.20. The van der Waals surface area contributed by atoms with Crippen LogP contribution in [0, 0.1) is 5.92 Å². The van der Waals surface area contributed by atoms with Crippen LogP contribution >= 0.6 is 0 Å². The Balaban J connectivity index is 1.94. The number of H-pyrrole nitrogens is 1. The summed E-state index contributed by atoms with van der Waals surface area (Å²) in [5, 5.41) is 8.02. The average molecular weight is 478 g/mol. The minimum absolute atomic E-state index is 0.0223. The van der Waals surface area contributed by atoms with Gasteiger partial charge >= 0.3 is 6.18 Å². The Morgan fingerprint density at radius 2 is 1.88 bits per heavy atom. The number of rotatable bonds is 8. The molecule has 0 fully saturated rings. The number of anilines is 1. The molecule has 0 radical (unpaired) electrons. The smallest absolute Gasteiger partial charge is 0.358 e. The highest BCUT2D eigenvalue weighted by Crippen LogP contribution is 2.26. The molecule has 2 atom stereocenters. The predicted octanol–water partition coefficient (Wildman–Crippen LogP) is 2.67. The fraction of sp³-hybridized carbons (Fsp3) is 0.429. The van der Waals surface area contributed by atoms with Gasteiger partial charge < -0.3 is 20.9 Å².